The average molecular weight is 242 g/mol. The van der Waals surface area contributed by atoms with E-state index in [-0.39, 0.29) is 12.5 Å². The van der Waals surface area contributed by atoms with Crippen LogP contribution in [0, 0.1) is 5.92 Å². The van der Waals surface area contributed by atoms with Gasteiger partial charge in [-0.15, -0.1) is 0 Å². The maximum absolute atomic E-state index is 11.3. The largest absolute Gasteiger partial charge is 0.481 e. The molecule has 98 valence electrons. The Morgan fingerprint density at radius 3 is 2.41 bits per heavy atom. The van der Waals surface area contributed by atoms with E-state index >= 15 is 0 Å². The topological polar surface area (TPSA) is 78.4 Å². The fourth-order valence-corrected chi connectivity index (χ4v) is 1.84. The van der Waals surface area contributed by atoms with Crippen molar-refractivity contribution in [3.05, 3.63) is 0 Å². The molecule has 5 nitrogen and oxygen atoms in total. The quantitative estimate of drug-likeness (QED) is 0.567. The van der Waals surface area contributed by atoms with E-state index in [0.29, 0.717) is 19.4 Å². The van der Waals surface area contributed by atoms with E-state index in [1.54, 1.807) is 0 Å². The normalized spacial score (nSPS) is 15.1. The summed E-state index contributed by atoms with van der Waals surface area (Å²) < 4.78 is 0. The molecule has 0 aromatic heterocycles. The van der Waals surface area contributed by atoms with E-state index < -0.39 is 5.97 Å². The highest BCUT2D eigenvalue weighted by Gasteiger charge is 2.16. The molecule has 2 amide bonds. The molecule has 0 radical (unpaired) electrons. The highest BCUT2D eigenvalue weighted by Crippen LogP contribution is 2.28. The predicted octanol–water partition coefficient (Wildman–Crippen LogP) is 1.73. The molecule has 0 atom stereocenters. The van der Waals surface area contributed by atoms with Crippen molar-refractivity contribution in [3.8, 4) is 0 Å². The van der Waals surface area contributed by atoms with E-state index in [9.17, 15) is 9.59 Å². The van der Waals surface area contributed by atoms with E-state index in [1.165, 1.54) is 19.3 Å². The summed E-state index contributed by atoms with van der Waals surface area (Å²) in [5.41, 5.74) is 0. The molecule has 0 aliphatic heterocycles. The molecular weight excluding hydrogens is 220 g/mol. The number of nitrogens with one attached hydrogen (secondary N) is 2. The molecule has 0 unspecified atom stereocenters. The zero-order valence-corrected chi connectivity index (χ0v) is 10.2. The van der Waals surface area contributed by atoms with Crippen molar-refractivity contribution < 1.29 is 14.7 Å². The number of urea groups is 1. The van der Waals surface area contributed by atoms with E-state index in [4.69, 9.17) is 5.11 Å². The zero-order chi connectivity index (χ0) is 12.5. The number of hydrogen-bond donors (Lipinski definition) is 3. The van der Waals surface area contributed by atoms with Gasteiger partial charge < -0.3 is 15.7 Å². The first-order chi connectivity index (χ1) is 8.18. The minimum atomic E-state index is -0.782. The van der Waals surface area contributed by atoms with Crippen molar-refractivity contribution in [2.45, 2.75) is 44.9 Å². The zero-order valence-electron chi connectivity index (χ0n) is 10.2. The Hall–Kier alpha value is -1.26. The van der Waals surface area contributed by atoms with Gasteiger partial charge in [0.2, 0.25) is 0 Å². The maximum Gasteiger partial charge on any atom is 0.314 e. The Morgan fingerprint density at radius 2 is 1.82 bits per heavy atom. The molecule has 0 aromatic carbocycles. The van der Waals surface area contributed by atoms with Crippen LogP contribution < -0.4 is 10.6 Å². The van der Waals surface area contributed by atoms with Gasteiger partial charge in [0, 0.05) is 19.5 Å². The lowest BCUT2D eigenvalue weighted by Gasteiger charge is -2.25. The summed E-state index contributed by atoms with van der Waals surface area (Å²) in [7, 11) is 0. The van der Waals surface area contributed by atoms with Crippen molar-refractivity contribution in [2.75, 3.05) is 13.1 Å². The Labute approximate surface area is 102 Å². The van der Waals surface area contributed by atoms with E-state index in [2.05, 4.69) is 10.6 Å². The molecule has 1 saturated carbocycles. The SMILES string of the molecule is O=C(O)CCCCNC(=O)NCCC1CCC1. The molecule has 0 saturated heterocycles. The number of carboxylic acids is 1. The molecule has 1 aliphatic rings. The van der Waals surface area contributed by atoms with Gasteiger partial charge in [0.1, 0.15) is 0 Å². The van der Waals surface area contributed by atoms with Crippen LogP contribution in [0.15, 0.2) is 0 Å². The lowest BCUT2D eigenvalue weighted by molar-refractivity contribution is -0.137. The van der Waals surface area contributed by atoms with Crippen molar-refractivity contribution in [1.29, 1.82) is 0 Å². The van der Waals surface area contributed by atoms with Crippen LogP contribution in [0.3, 0.4) is 0 Å². The molecule has 1 rings (SSSR count). The third kappa shape index (κ3) is 6.81. The number of rotatable bonds is 8. The summed E-state index contributed by atoms with van der Waals surface area (Å²) in [4.78, 5) is 21.5. The summed E-state index contributed by atoms with van der Waals surface area (Å²) in [6.07, 6.45) is 6.51. The number of carboxylic acid groups (broad SMARTS) is 1. The lowest BCUT2D eigenvalue weighted by Crippen LogP contribution is -2.37. The van der Waals surface area contributed by atoms with Crippen LogP contribution in [0.25, 0.3) is 0 Å². The van der Waals surface area contributed by atoms with Crippen molar-refractivity contribution >= 4 is 12.0 Å². The standard InChI is InChI=1S/C12H22N2O3/c15-11(16)6-1-2-8-13-12(17)14-9-7-10-4-3-5-10/h10H,1-9H2,(H,15,16)(H2,13,14,17). The monoisotopic (exact) mass is 242 g/mol. The second-order valence-corrected chi connectivity index (χ2v) is 4.62. The number of aliphatic carboxylic acids is 1. The number of hydrogen-bond acceptors (Lipinski definition) is 2. The van der Waals surface area contributed by atoms with E-state index in [0.717, 1.165) is 18.9 Å². The molecule has 0 heterocycles. The number of carbonyl (C=O) groups excluding carboxylic acids is 1. The van der Waals surface area contributed by atoms with Gasteiger partial charge in [-0.3, -0.25) is 4.79 Å². The summed E-state index contributed by atoms with van der Waals surface area (Å²) in [6.45, 7) is 1.29. The highest BCUT2D eigenvalue weighted by atomic mass is 16.4. The van der Waals surface area contributed by atoms with Gasteiger partial charge in [-0.25, -0.2) is 4.79 Å². The maximum atomic E-state index is 11.3. The molecular formula is C12H22N2O3. The van der Waals surface area contributed by atoms with Crippen LogP contribution in [-0.2, 0) is 4.79 Å². The Kier molecular flexibility index (Phi) is 6.43. The van der Waals surface area contributed by atoms with Gasteiger partial charge in [0.25, 0.3) is 0 Å². The first-order valence-electron chi connectivity index (χ1n) is 6.42. The second kappa shape index (κ2) is 7.92. The minimum absolute atomic E-state index is 0.139. The fourth-order valence-electron chi connectivity index (χ4n) is 1.84. The smallest absolute Gasteiger partial charge is 0.314 e. The van der Waals surface area contributed by atoms with Crippen molar-refractivity contribution in [2.24, 2.45) is 5.92 Å². The van der Waals surface area contributed by atoms with Crippen molar-refractivity contribution in [1.82, 2.24) is 10.6 Å². The fraction of sp³-hybridized carbons (Fsp3) is 0.833. The van der Waals surface area contributed by atoms with Crippen LogP contribution in [0.1, 0.15) is 44.9 Å². The first-order valence-corrected chi connectivity index (χ1v) is 6.42. The Balaban J connectivity index is 1.85. The first kappa shape index (κ1) is 13.8. The van der Waals surface area contributed by atoms with Crippen LogP contribution in [0.4, 0.5) is 4.79 Å². The lowest BCUT2D eigenvalue weighted by atomic mass is 9.83. The summed E-state index contributed by atoms with van der Waals surface area (Å²) in [5.74, 6) is 0.0285. The second-order valence-electron chi connectivity index (χ2n) is 4.62. The molecule has 0 aromatic rings. The number of unbranched alkanes of at least 4 members (excludes halogenated alkanes) is 1. The number of amides is 2. The van der Waals surface area contributed by atoms with Gasteiger partial charge >= 0.3 is 12.0 Å². The minimum Gasteiger partial charge on any atom is -0.481 e. The van der Waals surface area contributed by atoms with E-state index in [1.807, 2.05) is 0 Å². The van der Waals surface area contributed by atoms with Crippen LogP contribution in [-0.4, -0.2) is 30.2 Å². The molecule has 1 fully saturated rings. The Morgan fingerprint density at radius 1 is 1.12 bits per heavy atom. The van der Waals surface area contributed by atoms with Gasteiger partial charge in [-0.05, 0) is 25.2 Å². The Bertz CT molecular complexity index is 252. The summed E-state index contributed by atoms with van der Waals surface area (Å²) >= 11 is 0. The van der Waals surface area contributed by atoms with Crippen LogP contribution in [0.2, 0.25) is 0 Å². The molecule has 17 heavy (non-hydrogen) atoms. The molecule has 3 N–H and O–H groups in total. The predicted molar refractivity (Wildman–Crippen MR) is 64.8 cm³/mol. The van der Waals surface area contributed by atoms with Gasteiger partial charge in [-0.2, -0.15) is 0 Å². The van der Waals surface area contributed by atoms with Crippen LogP contribution in [0.5, 0.6) is 0 Å². The van der Waals surface area contributed by atoms with Gasteiger partial charge in [-0.1, -0.05) is 19.3 Å². The van der Waals surface area contributed by atoms with Crippen LogP contribution >= 0.6 is 0 Å². The summed E-state index contributed by atoms with van der Waals surface area (Å²) in [6, 6.07) is -0.139. The van der Waals surface area contributed by atoms with Gasteiger partial charge in [0.05, 0.1) is 0 Å². The molecule has 1 aliphatic carbocycles. The van der Waals surface area contributed by atoms with Crippen molar-refractivity contribution in [3.63, 3.8) is 0 Å². The third-order valence-corrected chi connectivity index (χ3v) is 3.17. The van der Waals surface area contributed by atoms with Gasteiger partial charge in [0.15, 0.2) is 0 Å². The number of carbonyl (C=O) groups is 2. The highest BCUT2D eigenvalue weighted by molar-refractivity contribution is 5.73. The third-order valence-electron chi connectivity index (χ3n) is 3.17. The average Bonchev–Trinajstić information content (AvgIpc) is 2.21. The molecule has 0 bridgehead atoms. The summed E-state index contributed by atoms with van der Waals surface area (Å²) in [5, 5.41) is 14.0. The molecule has 5 heteroatoms. The molecule has 0 spiro atoms.